The summed E-state index contributed by atoms with van der Waals surface area (Å²) in [6, 6.07) is 6.16. The summed E-state index contributed by atoms with van der Waals surface area (Å²) in [6.07, 6.45) is 5.06. The van der Waals surface area contributed by atoms with Gasteiger partial charge in [-0.25, -0.2) is 0 Å². The number of anilines is 1. The molecular weight excluding hydrogens is 332 g/mol. The predicted molar refractivity (Wildman–Crippen MR) is 94.5 cm³/mol. The summed E-state index contributed by atoms with van der Waals surface area (Å²) >= 11 is 8.74. The molecule has 1 aromatic rings. The van der Waals surface area contributed by atoms with E-state index in [1.807, 2.05) is 12.1 Å². The van der Waals surface area contributed by atoms with Crippen molar-refractivity contribution in [1.82, 2.24) is 0 Å². The Morgan fingerprint density at radius 1 is 1.30 bits per heavy atom. The maximum atomic E-state index is 5.87. The third-order valence-corrected chi connectivity index (χ3v) is 5.60. The van der Waals surface area contributed by atoms with E-state index in [0.717, 1.165) is 23.1 Å². The van der Waals surface area contributed by atoms with Gasteiger partial charge in [0.1, 0.15) is 4.99 Å². The minimum Gasteiger partial charge on any atom is -0.389 e. The van der Waals surface area contributed by atoms with Gasteiger partial charge in [0.15, 0.2) is 0 Å². The molecule has 0 saturated carbocycles. The molecule has 1 fully saturated rings. The van der Waals surface area contributed by atoms with Gasteiger partial charge >= 0.3 is 0 Å². The zero-order valence-electron chi connectivity index (χ0n) is 12.3. The molecule has 0 bridgehead atoms. The molecule has 2 rings (SSSR count). The Bertz CT molecular complexity index is 487. The van der Waals surface area contributed by atoms with Gasteiger partial charge < -0.3 is 10.6 Å². The molecule has 110 valence electrons. The van der Waals surface area contributed by atoms with Crippen LogP contribution in [0.25, 0.3) is 0 Å². The summed E-state index contributed by atoms with van der Waals surface area (Å²) in [7, 11) is 0. The molecule has 1 saturated heterocycles. The molecule has 0 unspecified atom stereocenters. The Balaban J connectivity index is 2.22. The van der Waals surface area contributed by atoms with Crippen molar-refractivity contribution in [1.29, 1.82) is 0 Å². The van der Waals surface area contributed by atoms with E-state index in [4.69, 9.17) is 18.0 Å². The highest BCUT2D eigenvalue weighted by Crippen LogP contribution is 2.40. The smallest absolute Gasteiger partial charge is 0.106 e. The third-order valence-electron chi connectivity index (χ3n) is 4.89. The van der Waals surface area contributed by atoms with Gasteiger partial charge in [-0.05, 0) is 36.5 Å². The zero-order chi connectivity index (χ0) is 14.8. The van der Waals surface area contributed by atoms with Gasteiger partial charge in [-0.1, -0.05) is 54.8 Å². The predicted octanol–water partition coefficient (Wildman–Crippen LogP) is 4.49. The lowest BCUT2D eigenvalue weighted by Gasteiger charge is -2.42. The van der Waals surface area contributed by atoms with Crippen molar-refractivity contribution in [2.45, 2.75) is 39.5 Å². The molecule has 1 aliphatic rings. The van der Waals surface area contributed by atoms with Crippen molar-refractivity contribution in [3.63, 3.8) is 0 Å². The second-order valence-corrected chi connectivity index (χ2v) is 7.08. The monoisotopic (exact) mass is 354 g/mol. The molecule has 4 heteroatoms. The number of rotatable bonds is 4. The highest BCUT2D eigenvalue weighted by molar-refractivity contribution is 9.10. The van der Waals surface area contributed by atoms with Crippen molar-refractivity contribution in [2.75, 3.05) is 18.0 Å². The molecule has 1 aromatic carbocycles. The Morgan fingerprint density at radius 2 is 1.90 bits per heavy atom. The lowest BCUT2D eigenvalue weighted by atomic mass is 9.74. The summed E-state index contributed by atoms with van der Waals surface area (Å²) in [6.45, 7) is 6.82. The van der Waals surface area contributed by atoms with Crippen molar-refractivity contribution >= 4 is 38.8 Å². The first-order valence-corrected chi connectivity index (χ1v) is 8.56. The van der Waals surface area contributed by atoms with Crippen molar-refractivity contribution in [3.8, 4) is 0 Å². The number of halogens is 1. The van der Waals surface area contributed by atoms with E-state index in [-0.39, 0.29) is 0 Å². The summed E-state index contributed by atoms with van der Waals surface area (Å²) in [5.74, 6) is 0. The third kappa shape index (κ3) is 3.17. The van der Waals surface area contributed by atoms with Crippen LogP contribution in [-0.4, -0.2) is 18.1 Å². The molecule has 0 aromatic heterocycles. The van der Waals surface area contributed by atoms with E-state index in [9.17, 15) is 0 Å². The van der Waals surface area contributed by atoms with Crippen molar-refractivity contribution in [2.24, 2.45) is 11.1 Å². The molecule has 0 atom stereocenters. The van der Waals surface area contributed by atoms with E-state index >= 15 is 0 Å². The Kier molecular flexibility index (Phi) is 5.08. The number of nitrogens with two attached hydrogens (primary N) is 1. The van der Waals surface area contributed by atoms with Crippen LogP contribution in [0.5, 0.6) is 0 Å². The summed E-state index contributed by atoms with van der Waals surface area (Å²) in [5, 5.41) is 0. The average Bonchev–Trinajstić information content (AvgIpc) is 2.47. The van der Waals surface area contributed by atoms with Gasteiger partial charge in [0, 0.05) is 28.8 Å². The number of hydrogen-bond acceptors (Lipinski definition) is 2. The van der Waals surface area contributed by atoms with Crippen LogP contribution < -0.4 is 10.6 Å². The molecular formula is C16H23BrN2S. The molecule has 1 aliphatic heterocycles. The molecule has 1 heterocycles. The van der Waals surface area contributed by atoms with Gasteiger partial charge in [0.2, 0.25) is 0 Å². The quantitative estimate of drug-likeness (QED) is 0.807. The molecule has 2 N–H and O–H groups in total. The van der Waals surface area contributed by atoms with E-state index in [1.165, 1.54) is 31.4 Å². The molecule has 0 amide bonds. The van der Waals surface area contributed by atoms with Crippen LogP contribution in [0.15, 0.2) is 22.7 Å². The lowest BCUT2D eigenvalue weighted by molar-refractivity contribution is 0.199. The maximum Gasteiger partial charge on any atom is 0.106 e. The summed E-state index contributed by atoms with van der Waals surface area (Å²) in [5.41, 5.74) is 8.56. The van der Waals surface area contributed by atoms with E-state index in [1.54, 1.807) is 0 Å². The van der Waals surface area contributed by atoms with Crippen LogP contribution in [0.4, 0.5) is 5.69 Å². The van der Waals surface area contributed by atoms with Gasteiger partial charge in [0.05, 0.1) is 0 Å². The molecule has 2 nitrogen and oxygen atoms in total. The first-order chi connectivity index (χ1) is 9.51. The summed E-state index contributed by atoms with van der Waals surface area (Å²) < 4.78 is 1.08. The number of benzene rings is 1. The summed E-state index contributed by atoms with van der Waals surface area (Å²) in [4.78, 5) is 2.92. The van der Waals surface area contributed by atoms with Crippen molar-refractivity contribution < 1.29 is 0 Å². The number of thiocarbonyl (C=S) groups is 1. The van der Waals surface area contributed by atoms with Crippen LogP contribution in [-0.2, 0) is 0 Å². The fourth-order valence-corrected chi connectivity index (χ4v) is 3.68. The van der Waals surface area contributed by atoms with Gasteiger partial charge in [0.25, 0.3) is 0 Å². The van der Waals surface area contributed by atoms with Crippen LogP contribution in [0.2, 0.25) is 0 Å². The fourth-order valence-electron chi connectivity index (χ4n) is 3.15. The topological polar surface area (TPSA) is 29.3 Å². The first kappa shape index (κ1) is 15.8. The average molecular weight is 355 g/mol. The van der Waals surface area contributed by atoms with E-state index < -0.39 is 0 Å². The minimum absolute atomic E-state index is 0.482. The number of nitrogens with zero attached hydrogens (tertiary/aromatic N) is 1. The zero-order valence-corrected chi connectivity index (χ0v) is 14.7. The number of piperidine rings is 1. The normalized spacial score (nSPS) is 18.1. The van der Waals surface area contributed by atoms with E-state index in [0.29, 0.717) is 10.4 Å². The molecule has 0 aliphatic carbocycles. The Morgan fingerprint density at radius 3 is 2.40 bits per heavy atom. The highest BCUT2D eigenvalue weighted by atomic mass is 79.9. The van der Waals surface area contributed by atoms with Crippen molar-refractivity contribution in [3.05, 3.63) is 28.2 Å². The second-order valence-electron chi connectivity index (χ2n) is 5.72. The van der Waals surface area contributed by atoms with Crippen LogP contribution >= 0.6 is 28.1 Å². The molecule has 0 radical (unpaired) electrons. The fraction of sp³-hybridized carbons (Fsp3) is 0.562. The first-order valence-electron chi connectivity index (χ1n) is 7.35. The Hall–Kier alpha value is -0.610. The van der Waals surface area contributed by atoms with Crippen LogP contribution in [0.1, 0.15) is 45.1 Å². The maximum absolute atomic E-state index is 5.87. The largest absolute Gasteiger partial charge is 0.389 e. The van der Waals surface area contributed by atoms with Gasteiger partial charge in [-0.2, -0.15) is 0 Å². The molecule has 20 heavy (non-hydrogen) atoms. The van der Waals surface area contributed by atoms with Crippen LogP contribution in [0.3, 0.4) is 0 Å². The minimum atomic E-state index is 0.482. The van der Waals surface area contributed by atoms with Crippen LogP contribution in [0, 0.1) is 5.41 Å². The Labute approximate surface area is 135 Å². The lowest BCUT2D eigenvalue weighted by Crippen LogP contribution is -2.40. The van der Waals surface area contributed by atoms with E-state index in [2.05, 4.69) is 40.7 Å². The highest BCUT2D eigenvalue weighted by Gasteiger charge is 2.31. The number of hydrogen-bond donors (Lipinski definition) is 1. The molecule has 0 spiro atoms. The SMILES string of the molecule is CCC1(CC)CCN(c2cc(Br)ccc2C(N)=S)CC1. The van der Waals surface area contributed by atoms with Gasteiger partial charge in [-0.3, -0.25) is 0 Å². The van der Waals surface area contributed by atoms with Gasteiger partial charge in [-0.15, -0.1) is 0 Å². The second kappa shape index (κ2) is 6.44. The standard InChI is InChI=1S/C16H23BrN2S/c1-3-16(4-2)7-9-19(10-8-16)14-11-12(17)5-6-13(14)15(18)20/h5-6,11H,3-4,7-10H2,1-2H3,(H2,18,20).